The molecule has 0 aliphatic carbocycles. The minimum atomic E-state index is -0.345. The molecule has 134 valence electrons. The van der Waals surface area contributed by atoms with Crippen molar-refractivity contribution in [3.63, 3.8) is 0 Å². The molecule has 0 atom stereocenters. The van der Waals surface area contributed by atoms with E-state index in [4.69, 9.17) is 9.47 Å². The van der Waals surface area contributed by atoms with Gasteiger partial charge in [0.05, 0.1) is 20.4 Å². The summed E-state index contributed by atoms with van der Waals surface area (Å²) in [6.45, 7) is 1.29. The van der Waals surface area contributed by atoms with Gasteiger partial charge in [0, 0.05) is 13.1 Å². The van der Waals surface area contributed by atoms with E-state index in [0.29, 0.717) is 13.1 Å². The molecule has 26 heavy (non-hydrogen) atoms. The first-order chi connectivity index (χ1) is 12.7. The number of nitrogens with zero attached hydrogens (tertiary/aromatic N) is 2. The molecule has 0 amide bonds. The summed E-state index contributed by atoms with van der Waals surface area (Å²) in [7, 11) is 3.29. The Hall–Kier alpha value is -3.08. The van der Waals surface area contributed by atoms with Crippen molar-refractivity contribution in [3.05, 3.63) is 83.8 Å². The van der Waals surface area contributed by atoms with Gasteiger partial charge in [0.25, 0.3) is 0 Å². The fourth-order valence-corrected chi connectivity index (χ4v) is 2.68. The molecule has 0 aliphatic rings. The minimum absolute atomic E-state index is 0.345. The molecule has 0 saturated heterocycles. The van der Waals surface area contributed by atoms with Gasteiger partial charge in [0.15, 0.2) is 0 Å². The molecule has 2 aromatic carbocycles. The minimum Gasteiger partial charge on any atom is -0.497 e. The van der Waals surface area contributed by atoms with Gasteiger partial charge in [-0.3, -0.25) is 0 Å². The summed E-state index contributed by atoms with van der Waals surface area (Å²) in [5.41, 5.74) is 2.23. The van der Waals surface area contributed by atoms with Crippen LogP contribution in [0.25, 0.3) is 0 Å². The molecule has 4 nitrogen and oxygen atoms in total. The van der Waals surface area contributed by atoms with Gasteiger partial charge in [0.1, 0.15) is 23.1 Å². The van der Waals surface area contributed by atoms with Gasteiger partial charge in [-0.25, -0.2) is 9.37 Å². The second-order valence-electron chi connectivity index (χ2n) is 5.89. The number of aromatic nitrogens is 1. The van der Waals surface area contributed by atoms with Crippen LogP contribution in [0.2, 0.25) is 0 Å². The molecule has 0 N–H and O–H groups in total. The summed E-state index contributed by atoms with van der Waals surface area (Å²) < 4.78 is 23.7. The van der Waals surface area contributed by atoms with Crippen LogP contribution in [-0.2, 0) is 13.1 Å². The van der Waals surface area contributed by atoms with E-state index in [1.54, 1.807) is 20.3 Å². The van der Waals surface area contributed by atoms with Crippen molar-refractivity contribution in [1.29, 1.82) is 0 Å². The van der Waals surface area contributed by atoms with Crippen molar-refractivity contribution in [1.82, 2.24) is 4.98 Å². The van der Waals surface area contributed by atoms with Crippen molar-refractivity contribution < 1.29 is 13.9 Å². The molecule has 0 aliphatic heterocycles. The molecule has 1 aromatic heterocycles. The smallest absolute Gasteiger partial charge is 0.141 e. The van der Waals surface area contributed by atoms with Crippen molar-refractivity contribution in [3.8, 4) is 11.5 Å². The summed E-state index contributed by atoms with van der Waals surface area (Å²) >= 11 is 0. The fraction of sp³-hybridized carbons (Fsp3) is 0.190. The molecule has 0 fully saturated rings. The number of anilines is 1. The highest BCUT2D eigenvalue weighted by Gasteiger charge is 2.11. The number of ether oxygens (including phenoxy) is 2. The second-order valence-corrected chi connectivity index (χ2v) is 5.89. The van der Waals surface area contributed by atoms with Crippen LogP contribution in [0.3, 0.4) is 0 Å². The van der Waals surface area contributed by atoms with Gasteiger partial charge in [-0.2, -0.15) is 0 Å². The lowest BCUT2D eigenvalue weighted by molar-refractivity contribution is 0.414. The zero-order valence-corrected chi connectivity index (χ0v) is 14.9. The quantitative estimate of drug-likeness (QED) is 0.629. The van der Waals surface area contributed by atoms with E-state index in [-0.39, 0.29) is 5.82 Å². The number of hydrogen-bond donors (Lipinski definition) is 0. The Labute approximate surface area is 152 Å². The lowest BCUT2D eigenvalue weighted by atomic mass is 10.1. The van der Waals surface area contributed by atoms with E-state index >= 15 is 0 Å². The van der Waals surface area contributed by atoms with Crippen molar-refractivity contribution >= 4 is 5.82 Å². The van der Waals surface area contributed by atoms with E-state index in [1.165, 1.54) is 12.3 Å². The van der Waals surface area contributed by atoms with Crippen molar-refractivity contribution in [2.24, 2.45) is 0 Å². The lowest BCUT2D eigenvalue weighted by Crippen LogP contribution is -2.23. The van der Waals surface area contributed by atoms with Crippen LogP contribution in [0.5, 0.6) is 11.5 Å². The Morgan fingerprint density at radius 1 is 0.769 bits per heavy atom. The van der Waals surface area contributed by atoms with Crippen LogP contribution < -0.4 is 14.4 Å². The zero-order chi connectivity index (χ0) is 18.4. The Morgan fingerprint density at radius 3 is 1.65 bits per heavy atom. The Balaban J connectivity index is 1.83. The highest BCUT2D eigenvalue weighted by atomic mass is 19.1. The monoisotopic (exact) mass is 352 g/mol. The average molecular weight is 352 g/mol. The SMILES string of the molecule is COc1ccc(CN(Cc2ccc(OC)cc2)c2ccc(F)cn2)cc1. The number of pyridine rings is 1. The summed E-state index contributed by atoms with van der Waals surface area (Å²) in [5, 5.41) is 0. The standard InChI is InChI=1S/C21H21FN2O2/c1-25-19-8-3-16(4-9-19)14-24(21-12-7-18(22)13-23-21)15-17-5-10-20(26-2)11-6-17/h3-13H,14-15H2,1-2H3. The maximum atomic E-state index is 13.3. The summed E-state index contributed by atoms with van der Waals surface area (Å²) in [5.74, 6) is 2.01. The van der Waals surface area contributed by atoms with Crippen LogP contribution in [0.15, 0.2) is 66.9 Å². The summed E-state index contributed by atoms with van der Waals surface area (Å²) in [6.07, 6.45) is 1.24. The molecule has 3 aromatic rings. The third kappa shape index (κ3) is 4.51. The van der Waals surface area contributed by atoms with Crippen LogP contribution >= 0.6 is 0 Å². The first-order valence-corrected chi connectivity index (χ1v) is 8.30. The molecule has 0 radical (unpaired) electrons. The molecular formula is C21H21FN2O2. The number of hydrogen-bond acceptors (Lipinski definition) is 4. The van der Waals surface area contributed by atoms with Gasteiger partial charge in [-0.05, 0) is 47.5 Å². The second kappa shape index (κ2) is 8.34. The van der Waals surface area contributed by atoms with E-state index in [2.05, 4.69) is 9.88 Å². The molecule has 5 heteroatoms. The van der Waals surface area contributed by atoms with Crippen LogP contribution in [-0.4, -0.2) is 19.2 Å². The van der Waals surface area contributed by atoms with Crippen LogP contribution in [0.1, 0.15) is 11.1 Å². The van der Waals surface area contributed by atoms with Crippen molar-refractivity contribution in [2.45, 2.75) is 13.1 Å². The maximum absolute atomic E-state index is 13.3. The highest BCUT2D eigenvalue weighted by Crippen LogP contribution is 2.21. The fourth-order valence-electron chi connectivity index (χ4n) is 2.68. The Bertz CT molecular complexity index is 769. The molecule has 0 saturated carbocycles. The van der Waals surface area contributed by atoms with Crippen LogP contribution in [0, 0.1) is 5.82 Å². The highest BCUT2D eigenvalue weighted by molar-refractivity contribution is 5.42. The largest absolute Gasteiger partial charge is 0.497 e. The molecule has 0 spiro atoms. The summed E-state index contributed by atoms with van der Waals surface area (Å²) in [6, 6.07) is 18.9. The predicted molar refractivity (Wildman–Crippen MR) is 100 cm³/mol. The topological polar surface area (TPSA) is 34.6 Å². The number of halogens is 1. The van der Waals surface area contributed by atoms with Crippen molar-refractivity contribution in [2.75, 3.05) is 19.1 Å². The molecule has 3 rings (SSSR count). The van der Waals surface area contributed by atoms with E-state index < -0.39 is 0 Å². The van der Waals surface area contributed by atoms with Gasteiger partial charge < -0.3 is 14.4 Å². The molecule has 0 unspecified atom stereocenters. The van der Waals surface area contributed by atoms with Gasteiger partial charge >= 0.3 is 0 Å². The van der Waals surface area contributed by atoms with Gasteiger partial charge in [-0.1, -0.05) is 24.3 Å². The average Bonchev–Trinajstić information content (AvgIpc) is 2.69. The Kier molecular flexibility index (Phi) is 5.69. The van der Waals surface area contributed by atoms with E-state index in [9.17, 15) is 4.39 Å². The third-order valence-electron chi connectivity index (χ3n) is 4.10. The first-order valence-electron chi connectivity index (χ1n) is 8.30. The van der Waals surface area contributed by atoms with Gasteiger partial charge in [-0.15, -0.1) is 0 Å². The van der Waals surface area contributed by atoms with Gasteiger partial charge in [0.2, 0.25) is 0 Å². The normalized spacial score (nSPS) is 10.4. The predicted octanol–water partition coefficient (Wildman–Crippen LogP) is 4.44. The Morgan fingerprint density at radius 2 is 1.27 bits per heavy atom. The zero-order valence-electron chi connectivity index (χ0n) is 14.9. The molecule has 1 heterocycles. The van der Waals surface area contributed by atoms with E-state index in [1.807, 2.05) is 48.5 Å². The lowest BCUT2D eigenvalue weighted by Gasteiger charge is -2.24. The third-order valence-corrected chi connectivity index (χ3v) is 4.10. The summed E-state index contributed by atoms with van der Waals surface area (Å²) in [4.78, 5) is 6.34. The number of benzene rings is 2. The first kappa shape index (κ1) is 17.7. The molecule has 0 bridgehead atoms. The molecular weight excluding hydrogens is 331 g/mol. The van der Waals surface area contributed by atoms with E-state index in [0.717, 1.165) is 28.4 Å². The van der Waals surface area contributed by atoms with Crippen LogP contribution in [0.4, 0.5) is 10.2 Å². The number of methoxy groups -OCH3 is 2. The number of rotatable bonds is 7. The maximum Gasteiger partial charge on any atom is 0.141 e.